The van der Waals surface area contributed by atoms with E-state index in [9.17, 15) is 4.79 Å². The molecule has 1 aliphatic rings. The first-order chi connectivity index (χ1) is 10.3. The molecule has 108 valence electrons. The average Bonchev–Trinajstić information content (AvgIpc) is 2.54. The van der Waals surface area contributed by atoms with Crippen molar-refractivity contribution < 1.29 is 9.53 Å². The van der Waals surface area contributed by atoms with Gasteiger partial charge in [-0.2, -0.15) is 0 Å². The Bertz CT molecular complexity index is 657. The molecule has 21 heavy (non-hydrogen) atoms. The lowest BCUT2D eigenvalue weighted by Crippen LogP contribution is -2.35. The van der Waals surface area contributed by atoms with Crippen LogP contribution in [0.25, 0.3) is 0 Å². The molecule has 0 aliphatic carbocycles. The average molecular weight is 283 g/mol. The van der Waals surface area contributed by atoms with E-state index in [0.717, 1.165) is 12.1 Å². The van der Waals surface area contributed by atoms with Gasteiger partial charge in [0.05, 0.1) is 13.0 Å². The smallest absolute Gasteiger partial charge is 0.237 e. The highest BCUT2D eigenvalue weighted by Crippen LogP contribution is 2.27. The lowest BCUT2D eigenvalue weighted by atomic mass is 9.90. The van der Waals surface area contributed by atoms with Gasteiger partial charge in [0, 0.05) is 19.3 Å². The summed E-state index contributed by atoms with van der Waals surface area (Å²) in [5.74, 6) is 0.156. The van der Waals surface area contributed by atoms with Crippen LogP contribution in [0.1, 0.15) is 17.0 Å². The van der Waals surface area contributed by atoms with E-state index in [1.54, 1.807) is 18.3 Å². The van der Waals surface area contributed by atoms with Gasteiger partial charge in [-0.1, -0.05) is 24.3 Å². The number of fused-ring (bicyclic) bond motifs is 1. The Morgan fingerprint density at radius 2 is 2.19 bits per heavy atom. The Hall–Kier alpha value is -2.40. The molecule has 0 radical (unpaired) electrons. The molecule has 1 amide bonds. The zero-order valence-corrected chi connectivity index (χ0v) is 11.8. The van der Waals surface area contributed by atoms with Crippen LogP contribution in [0, 0.1) is 0 Å². The van der Waals surface area contributed by atoms with Gasteiger partial charge in [0.15, 0.2) is 0 Å². The molecule has 1 atom stereocenters. The van der Waals surface area contributed by atoms with Crippen LogP contribution in [0.3, 0.4) is 0 Å². The minimum atomic E-state index is -0.208. The number of nitrogens with zero attached hydrogens (tertiary/aromatic N) is 1. The van der Waals surface area contributed by atoms with Crippen molar-refractivity contribution in [1.82, 2.24) is 10.3 Å². The minimum Gasteiger partial charge on any atom is -0.480 e. The molecule has 0 fully saturated rings. The maximum atomic E-state index is 12.6. The molecule has 0 saturated heterocycles. The van der Waals surface area contributed by atoms with E-state index < -0.39 is 0 Å². The van der Waals surface area contributed by atoms with Gasteiger partial charge in [0.1, 0.15) is 5.69 Å². The van der Waals surface area contributed by atoms with Crippen LogP contribution in [0.2, 0.25) is 0 Å². The van der Waals surface area contributed by atoms with Crippen molar-refractivity contribution in [2.45, 2.75) is 12.5 Å². The van der Waals surface area contributed by atoms with E-state index in [1.807, 2.05) is 24.3 Å². The second-order valence-corrected chi connectivity index (χ2v) is 4.93. The first-order valence-electron chi connectivity index (χ1n) is 6.88. The first-order valence-corrected chi connectivity index (χ1v) is 6.88. The molecule has 1 aliphatic heterocycles. The van der Waals surface area contributed by atoms with E-state index in [2.05, 4.69) is 15.6 Å². The van der Waals surface area contributed by atoms with Crippen molar-refractivity contribution in [2.24, 2.45) is 0 Å². The standard InChI is InChI=1S/C16H17N3O2/c1-21-16-14(7-4-8-18-16)19-15(20)13-10-17-9-11-5-2-3-6-12(11)13/h2-8,13,17H,9-10H2,1H3,(H,19,20). The zero-order valence-electron chi connectivity index (χ0n) is 11.8. The van der Waals surface area contributed by atoms with Gasteiger partial charge in [0.25, 0.3) is 0 Å². The molecule has 2 aromatic rings. The second kappa shape index (κ2) is 5.93. The van der Waals surface area contributed by atoms with E-state index in [4.69, 9.17) is 4.74 Å². The summed E-state index contributed by atoms with van der Waals surface area (Å²) in [4.78, 5) is 16.7. The molecular formula is C16H17N3O2. The Morgan fingerprint density at radius 1 is 1.33 bits per heavy atom. The Balaban J connectivity index is 1.84. The fourth-order valence-electron chi connectivity index (χ4n) is 2.60. The SMILES string of the molecule is COc1ncccc1NC(=O)C1CNCc2ccccc21. The molecule has 1 aromatic carbocycles. The predicted octanol–water partition coefficient (Wildman–Crippen LogP) is 1.92. The van der Waals surface area contributed by atoms with Crippen LogP contribution in [-0.4, -0.2) is 24.5 Å². The fourth-order valence-corrected chi connectivity index (χ4v) is 2.60. The third kappa shape index (κ3) is 2.73. The van der Waals surface area contributed by atoms with Crippen molar-refractivity contribution in [3.63, 3.8) is 0 Å². The molecule has 5 heteroatoms. The van der Waals surface area contributed by atoms with Gasteiger partial charge in [-0.3, -0.25) is 4.79 Å². The van der Waals surface area contributed by atoms with E-state index >= 15 is 0 Å². The summed E-state index contributed by atoms with van der Waals surface area (Å²) >= 11 is 0. The summed E-state index contributed by atoms with van der Waals surface area (Å²) in [5, 5.41) is 6.18. The highest BCUT2D eigenvalue weighted by atomic mass is 16.5. The molecule has 0 bridgehead atoms. The Kier molecular flexibility index (Phi) is 3.83. The van der Waals surface area contributed by atoms with Crippen molar-refractivity contribution in [3.8, 4) is 5.88 Å². The van der Waals surface area contributed by atoms with Crippen molar-refractivity contribution >= 4 is 11.6 Å². The number of aromatic nitrogens is 1. The van der Waals surface area contributed by atoms with Crippen LogP contribution >= 0.6 is 0 Å². The Morgan fingerprint density at radius 3 is 3.05 bits per heavy atom. The number of carbonyl (C=O) groups is 1. The van der Waals surface area contributed by atoms with Gasteiger partial charge in [-0.25, -0.2) is 4.98 Å². The van der Waals surface area contributed by atoms with Gasteiger partial charge < -0.3 is 15.4 Å². The van der Waals surface area contributed by atoms with Gasteiger partial charge >= 0.3 is 0 Å². The number of amides is 1. The lowest BCUT2D eigenvalue weighted by Gasteiger charge is -2.25. The molecule has 2 heterocycles. The molecule has 0 saturated carbocycles. The third-order valence-electron chi connectivity index (χ3n) is 3.63. The quantitative estimate of drug-likeness (QED) is 0.903. The Labute approximate surface area is 123 Å². The maximum absolute atomic E-state index is 12.6. The highest BCUT2D eigenvalue weighted by Gasteiger charge is 2.26. The number of pyridine rings is 1. The number of ether oxygens (including phenoxy) is 1. The number of hydrogen-bond donors (Lipinski definition) is 2. The van der Waals surface area contributed by atoms with Crippen molar-refractivity contribution in [1.29, 1.82) is 0 Å². The molecule has 1 unspecified atom stereocenters. The number of hydrogen-bond acceptors (Lipinski definition) is 4. The summed E-state index contributed by atoms with van der Waals surface area (Å²) in [7, 11) is 1.54. The normalized spacial score (nSPS) is 16.9. The van der Waals surface area contributed by atoms with Crippen LogP contribution in [-0.2, 0) is 11.3 Å². The number of nitrogens with one attached hydrogen (secondary N) is 2. The number of benzene rings is 1. The van der Waals surface area contributed by atoms with Crippen LogP contribution < -0.4 is 15.4 Å². The van der Waals surface area contributed by atoms with E-state index in [0.29, 0.717) is 18.1 Å². The minimum absolute atomic E-state index is 0.0547. The van der Waals surface area contributed by atoms with Gasteiger partial charge in [0.2, 0.25) is 11.8 Å². The molecule has 5 nitrogen and oxygen atoms in total. The predicted molar refractivity (Wildman–Crippen MR) is 80.3 cm³/mol. The van der Waals surface area contributed by atoms with Crippen LogP contribution in [0.15, 0.2) is 42.6 Å². The summed E-state index contributed by atoms with van der Waals surface area (Å²) in [6, 6.07) is 11.6. The van der Waals surface area contributed by atoms with Gasteiger partial charge in [-0.15, -0.1) is 0 Å². The summed E-state index contributed by atoms with van der Waals surface area (Å²) in [5.41, 5.74) is 2.84. The number of rotatable bonds is 3. The first kappa shape index (κ1) is 13.6. The monoisotopic (exact) mass is 283 g/mol. The van der Waals surface area contributed by atoms with E-state index in [1.165, 1.54) is 12.7 Å². The summed E-state index contributed by atoms with van der Waals surface area (Å²) < 4.78 is 5.16. The van der Waals surface area contributed by atoms with Crippen LogP contribution in [0.5, 0.6) is 5.88 Å². The summed E-state index contributed by atoms with van der Waals surface area (Å²) in [6.07, 6.45) is 1.63. The van der Waals surface area contributed by atoms with E-state index in [-0.39, 0.29) is 11.8 Å². The zero-order chi connectivity index (χ0) is 14.7. The molecule has 0 spiro atoms. The largest absolute Gasteiger partial charge is 0.480 e. The highest BCUT2D eigenvalue weighted by molar-refractivity contribution is 5.97. The lowest BCUT2D eigenvalue weighted by molar-refractivity contribution is -0.117. The van der Waals surface area contributed by atoms with Crippen molar-refractivity contribution in [3.05, 3.63) is 53.7 Å². The summed E-state index contributed by atoms with van der Waals surface area (Å²) in [6.45, 7) is 1.43. The topological polar surface area (TPSA) is 63.2 Å². The fraction of sp³-hybridized carbons (Fsp3) is 0.250. The van der Waals surface area contributed by atoms with Crippen molar-refractivity contribution in [2.75, 3.05) is 19.0 Å². The van der Waals surface area contributed by atoms with Gasteiger partial charge in [-0.05, 0) is 23.3 Å². The molecular weight excluding hydrogens is 266 g/mol. The third-order valence-corrected chi connectivity index (χ3v) is 3.63. The number of anilines is 1. The van der Waals surface area contributed by atoms with Crippen LogP contribution in [0.4, 0.5) is 5.69 Å². The molecule has 3 rings (SSSR count). The molecule has 2 N–H and O–H groups in total. The number of methoxy groups -OCH3 is 1. The molecule has 1 aromatic heterocycles. The number of carbonyl (C=O) groups excluding carboxylic acids is 1. The maximum Gasteiger partial charge on any atom is 0.237 e. The second-order valence-electron chi connectivity index (χ2n) is 4.93.